The third kappa shape index (κ3) is 8.42. The van der Waals surface area contributed by atoms with Gasteiger partial charge in [0.25, 0.3) is 0 Å². The van der Waals surface area contributed by atoms with E-state index < -0.39 is 0 Å². The van der Waals surface area contributed by atoms with Gasteiger partial charge in [0.2, 0.25) is 0 Å². The fraction of sp³-hybridized carbons (Fsp3) is 0.515. The van der Waals surface area contributed by atoms with E-state index in [4.69, 9.17) is 0 Å². The zero-order chi connectivity index (χ0) is 23.8. The van der Waals surface area contributed by atoms with Gasteiger partial charge < -0.3 is 0 Å². The second-order valence-electron chi connectivity index (χ2n) is 9.89. The molecule has 0 atom stereocenters. The molecule has 1 heterocycles. The van der Waals surface area contributed by atoms with E-state index in [0.29, 0.717) is 0 Å². The van der Waals surface area contributed by atoms with Crippen LogP contribution in [0.1, 0.15) is 113 Å². The van der Waals surface area contributed by atoms with Crippen molar-refractivity contribution in [2.24, 2.45) is 0 Å². The molecule has 0 bridgehead atoms. The summed E-state index contributed by atoms with van der Waals surface area (Å²) in [6.07, 6.45) is 20.4. The molecule has 0 saturated carbocycles. The first-order chi connectivity index (χ1) is 16.8. The number of unbranched alkanes of at least 4 members (excludes halogenated alkanes) is 10. The van der Waals surface area contributed by atoms with Gasteiger partial charge in [-0.25, -0.2) is 0 Å². The maximum atomic E-state index is 2.47. The van der Waals surface area contributed by atoms with Crippen molar-refractivity contribution in [3.8, 4) is 11.1 Å². The number of benzene rings is 2. The molecule has 0 aliphatic heterocycles. The number of hydrogen-bond acceptors (Lipinski definition) is 1. The van der Waals surface area contributed by atoms with E-state index in [0.717, 1.165) is 6.42 Å². The maximum Gasteiger partial charge on any atom is -0.00106 e. The Bertz CT molecular complexity index is 905. The molecular formula is C33H46S. The van der Waals surface area contributed by atoms with E-state index in [1.54, 1.807) is 28.0 Å². The summed E-state index contributed by atoms with van der Waals surface area (Å²) in [6.45, 7) is 4.61. The van der Waals surface area contributed by atoms with Crippen molar-refractivity contribution in [2.75, 3.05) is 0 Å². The first kappa shape index (κ1) is 26.7. The van der Waals surface area contributed by atoms with E-state index in [-0.39, 0.29) is 0 Å². The minimum absolute atomic E-state index is 1.15. The normalized spacial score (nSPS) is 11.6. The standard InChI is InChI=1S/C29H42.C4H4S/c1-3-5-7-9-11-13-17-24-21-22-28-27-20-16-15-18-25(27)23-29(28)26(24)19-14-12-10-8-6-4-2;1-2-4-5-3-1/h15-16,18,20-22H,3-14,17,19,23H2,1-2H3;1-4H. The van der Waals surface area contributed by atoms with Gasteiger partial charge in [0.1, 0.15) is 0 Å². The van der Waals surface area contributed by atoms with Crippen LogP contribution in [0.4, 0.5) is 0 Å². The van der Waals surface area contributed by atoms with Gasteiger partial charge in [-0.05, 0) is 76.2 Å². The quantitative estimate of drug-likeness (QED) is 0.159. The second kappa shape index (κ2) is 15.9. The van der Waals surface area contributed by atoms with Crippen molar-refractivity contribution in [3.05, 3.63) is 81.5 Å². The van der Waals surface area contributed by atoms with Gasteiger partial charge in [-0.15, -0.1) is 0 Å². The van der Waals surface area contributed by atoms with Crippen LogP contribution in [0.15, 0.2) is 59.3 Å². The number of thiophene rings is 1. The van der Waals surface area contributed by atoms with Crippen LogP contribution < -0.4 is 0 Å². The lowest BCUT2D eigenvalue weighted by Gasteiger charge is -2.15. The van der Waals surface area contributed by atoms with E-state index in [9.17, 15) is 0 Å². The van der Waals surface area contributed by atoms with E-state index >= 15 is 0 Å². The average Bonchev–Trinajstić information content (AvgIpc) is 3.56. The molecule has 0 fully saturated rings. The first-order valence-corrected chi connectivity index (χ1v) is 15.0. The Balaban J connectivity index is 0.000000574. The highest BCUT2D eigenvalue weighted by Crippen LogP contribution is 2.40. The minimum Gasteiger partial charge on any atom is -0.152 e. The van der Waals surface area contributed by atoms with Crippen LogP contribution in [0.3, 0.4) is 0 Å². The Labute approximate surface area is 213 Å². The summed E-state index contributed by atoms with van der Waals surface area (Å²) in [5.41, 5.74) is 9.56. The third-order valence-electron chi connectivity index (χ3n) is 7.21. The van der Waals surface area contributed by atoms with Gasteiger partial charge in [0.05, 0.1) is 0 Å². The molecule has 184 valence electrons. The molecule has 0 saturated heterocycles. The Hall–Kier alpha value is -1.86. The molecule has 0 unspecified atom stereocenters. The van der Waals surface area contributed by atoms with Gasteiger partial charge in [-0.2, -0.15) is 11.3 Å². The van der Waals surface area contributed by atoms with Crippen LogP contribution in [-0.2, 0) is 19.3 Å². The smallest absolute Gasteiger partial charge is 0.00106 e. The molecule has 4 rings (SSSR count). The van der Waals surface area contributed by atoms with Crippen LogP contribution >= 0.6 is 11.3 Å². The van der Waals surface area contributed by atoms with Gasteiger partial charge in [0.15, 0.2) is 0 Å². The molecule has 1 aliphatic carbocycles. The Kier molecular flexibility index (Phi) is 12.5. The fourth-order valence-corrected chi connectivity index (χ4v) is 5.73. The predicted octanol–water partition coefficient (Wildman–Crippen LogP) is 10.8. The van der Waals surface area contributed by atoms with Gasteiger partial charge >= 0.3 is 0 Å². The maximum absolute atomic E-state index is 2.47. The van der Waals surface area contributed by atoms with Crippen molar-refractivity contribution in [1.29, 1.82) is 0 Å². The van der Waals surface area contributed by atoms with Crippen molar-refractivity contribution in [1.82, 2.24) is 0 Å². The summed E-state index contributed by atoms with van der Waals surface area (Å²) in [6, 6.07) is 18.0. The summed E-state index contributed by atoms with van der Waals surface area (Å²) in [7, 11) is 0. The minimum atomic E-state index is 1.15. The van der Waals surface area contributed by atoms with Crippen molar-refractivity contribution < 1.29 is 0 Å². The van der Waals surface area contributed by atoms with Crippen LogP contribution in [0.5, 0.6) is 0 Å². The highest BCUT2D eigenvalue weighted by atomic mass is 32.1. The van der Waals surface area contributed by atoms with Crippen molar-refractivity contribution >= 4 is 11.3 Å². The Morgan fingerprint density at radius 3 is 1.85 bits per heavy atom. The SMILES string of the molecule is CCCCCCCCc1ccc2c(c1CCCCCCCC)Cc1ccccc1-2.c1ccsc1. The number of fused-ring (bicyclic) bond motifs is 3. The highest BCUT2D eigenvalue weighted by Gasteiger charge is 2.22. The molecule has 0 nitrogen and oxygen atoms in total. The predicted molar refractivity (Wildman–Crippen MR) is 153 cm³/mol. The number of hydrogen-bond donors (Lipinski definition) is 0. The zero-order valence-corrected chi connectivity index (χ0v) is 22.6. The van der Waals surface area contributed by atoms with Crippen LogP contribution in [0.25, 0.3) is 11.1 Å². The molecule has 1 aromatic heterocycles. The van der Waals surface area contributed by atoms with Crippen molar-refractivity contribution in [3.63, 3.8) is 0 Å². The van der Waals surface area contributed by atoms with Gasteiger partial charge in [-0.1, -0.05) is 127 Å². The molecule has 0 amide bonds. The largest absolute Gasteiger partial charge is 0.152 e. The molecule has 0 radical (unpaired) electrons. The van der Waals surface area contributed by atoms with Crippen LogP contribution in [0.2, 0.25) is 0 Å². The average molecular weight is 475 g/mol. The molecule has 3 aromatic rings. The summed E-state index contributed by atoms with van der Waals surface area (Å²) in [5, 5.41) is 4.08. The van der Waals surface area contributed by atoms with Gasteiger partial charge in [0, 0.05) is 0 Å². The van der Waals surface area contributed by atoms with E-state index in [1.165, 1.54) is 107 Å². The Morgan fingerprint density at radius 1 is 0.588 bits per heavy atom. The summed E-state index contributed by atoms with van der Waals surface area (Å²) < 4.78 is 0. The molecule has 0 spiro atoms. The summed E-state index contributed by atoms with van der Waals surface area (Å²) in [5.74, 6) is 0. The highest BCUT2D eigenvalue weighted by molar-refractivity contribution is 7.07. The zero-order valence-electron chi connectivity index (χ0n) is 21.8. The third-order valence-corrected chi connectivity index (χ3v) is 7.84. The summed E-state index contributed by atoms with van der Waals surface area (Å²) >= 11 is 1.71. The number of aryl methyl sites for hydroxylation is 1. The van der Waals surface area contributed by atoms with Gasteiger partial charge in [-0.3, -0.25) is 0 Å². The number of rotatable bonds is 14. The van der Waals surface area contributed by atoms with E-state index in [1.807, 2.05) is 22.9 Å². The molecule has 1 heteroatoms. The lowest BCUT2D eigenvalue weighted by Crippen LogP contribution is -2.01. The topological polar surface area (TPSA) is 0 Å². The molecule has 0 N–H and O–H groups in total. The molecule has 2 aromatic carbocycles. The monoisotopic (exact) mass is 474 g/mol. The van der Waals surface area contributed by atoms with Crippen LogP contribution in [-0.4, -0.2) is 0 Å². The molecule has 34 heavy (non-hydrogen) atoms. The first-order valence-electron chi connectivity index (χ1n) is 14.0. The lowest BCUT2D eigenvalue weighted by molar-refractivity contribution is 0.598. The van der Waals surface area contributed by atoms with Crippen molar-refractivity contribution in [2.45, 2.75) is 110 Å². The Morgan fingerprint density at radius 2 is 1.21 bits per heavy atom. The van der Waals surface area contributed by atoms with Crippen LogP contribution in [0, 0.1) is 0 Å². The molecule has 1 aliphatic rings. The lowest BCUT2D eigenvalue weighted by atomic mass is 9.89. The fourth-order valence-electron chi connectivity index (χ4n) is 5.27. The summed E-state index contributed by atoms with van der Waals surface area (Å²) in [4.78, 5) is 0. The van der Waals surface area contributed by atoms with E-state index in [2.05, 4.69) is 50.2 Å². The molecular weight excluding hydrogens is 428 g/mol. The second-order valence-corrected chi connectivity index (χ2v) is 10.7.